The lowest BCUT2D eigenvalue weighted by Gasteiger charge is -2.17. The molecular formula is C10H19N3O. The van der Waals surface area contributed by atoms with E-state index in [1.54, 1.807) is 17.8 Å². The van der Waals surface area contributed by atoms with E-state index in [0.717, 1.165) is 13.0 Å². The number of nitrogens with zero attached hydrogens (tertiary/aromatic N) is 3. The normalized spacial score (nSPS) is 14.4. The highest BCUT2D eigenvalue weighted by atomic mass is 16.3. The van der Waals surface area contributed by atoms with Gasteiger partial charge in [-0.15, -0.1) is 5.10 Å². The fourth-order valence-corrected chi connectivity index (χ4v) is 1.06. The van der Waals surface area contributed by atoms with Gasteiger partial charge in [-0.1, -0.05) is 26.0 Å². The van der Waals surface area contributed by atoms with Gasteiger partial charge in [0, 0.05) is 6.54 Å². The van der Waals surface area contributed by atoms with Crippen molar-refractivity contribution in [1.29, 1.82) is 0 Å². The molecular weight excluding hydrogens is 178 g/mol. The van der Waals surface area contributed by atoms with Gasteiger partial charge in [0.05, 0.1) is 12.3 Å². The molecule has 1 unspecified atom stereocenters. The van der Waals surface area contributed by atoms with E-state index in [9.17, 15) is 5.11 Å². The Hall–Kier alpha value is -0.900. The Labute approximate surface area is 84.9 Å². The minimum Gasteiger partial charge on any atom is -0.387 e. The van der Waals surface area contributed by atoms with Crippen LogP contribution >= 0.6 is 0 Å². The zero-order chi connectivity index (χ0) is 10.8. The molecule has 1 aromatic heterocycles. The van der Waals surface area contributed by atoms with E-state index in [4.69, 9.17) is 0 Å². The molecule has 0 saturated heterocycles. The van der Waals surface area contributed by atoms with Gasteiger partial charge in [0.1, 0.15) is 5.69 Å². The second-order valence-corrected chi connectivity index (χ2v) is 4.89. The maximum atomic E-state index is 9.25. The molecule has 1 N–H and O–H groups in total. The van der Waals surface area contributed by atoms with Crippen LogP contribution < -0.4 is 0 Å². The number of hydrogen-bond donors (Lipinski definition) is 1. The Morgan fingerprint density at radius 1 is 1.50 bits per heavy atom. The highest BCUT2D eigenvalue weighted by Gasteiger charge is 2.11. The largest absolute Gasteiger partial charge is 0.387 e. The van der Waals surface area contributed by atoms with Crippen LogP contribution in [-0.2, 0) is 6.54 Å². The molecule has 0 spiro atoms. The molecule has 0 aliphatic heterocycles. The Bertz CT molecular complexity index is 286. The molecule has 1 rings (SSSR count). The number of aliphatic hydroxyl groups is 1. The lowest BCUT2D eigenvalue weighted by atomic mass is 9.92. The van der Waals surface area contributed by atoms with E-state index >= 15 is 0 Å². The van der Waals surface area contributed by atoms with E-state index in [2.05, 4.69) is 31.1 Å². The van der Waals surface area contributed by atoms with Crippen LogP contribution in [0.25, 0.3) is 0 Å². The van der Waals surface area contributed by atoms with E-state index in [1.807, 2.05) is 0 Å². The summed E-state index contributed by atoms with van der Waals surface area (Å²) < 4.78 is 1.79. The SMILES string of the molecule is CC(O)c1cn(CCC(C)(C)C)nn1. The fraction of sp³-hybridized carbons (Fsp3) is 0.800. The smallest absolute Gasteiger partial charge is 0.111 e. The number of rotatable bonds is 3. The summed E-state index contributed by atoms with van der Waals surface area (Å²) >= 11 is 0. The average molecular weight is 197 g/mol. The van der Waals surface area contributed by atoms with Gasteiger partial charge in [0.15, 0.2) is 0 Å². The third kappa shape index (κ3) is 3.46. The Balaban J connectivity index is 2.52. The Kier molecular flexibility index (Phi) is 3.26. The van der Waals surface area contributed by atoms with Crippen LogP contribution in [0.2, 0.25) is 0 Å². The second kappa shape index (κ2) is 4.09. The van der Waals surface area contributed by atoms with E-state index in [0.29, 0.717) is 11.1 Å². The quantitative estimate of drug-likeness (QED) is 0.803. The van der Waals surface area contributed by atoms with Crippen LogP contribution in [0.15, 0.2) is 6.20 Å². The van der Waals surface area contributed by atoms with Gasteiger partial charge in [0.2, 0.25) is 0 Å². The highest BCUT2D eigenvalue weighted by molar-refractivity contribution is 4.95. The van der Waals surface area contributed by atoms with Crippen molar-refractivity contribution in [2.45, 2.75) is 46.8 Å². The third-order valence-corrected chi connectivity index (χ3v) is 2.08. The molecule has 80 valence electrons. The summed E-state index contributed by atoms with van der Waals surface area (Å²) in [5.41, 5.74) is 0.940. The monoisotopic (exact) mass is 197 g/mol. The van der Waals surface area contributed by atoms with Crippen LogP contribution in [-0.4, -0.2) is 20.1 Å². The van der Waals surface area contributed by atoms with Gasteiger partial charge in [0.25, 0.3) is 0 Å². The first-order chi connectivity index (χ1) is 6.38. The van der Waals surface area contributed by atoms with Crippen molar-refractivity contribution in [3.63, 3.8) is 0 Å². The lowest BCUT2D eigenvalue weighted by molar-refractivity contribution is 0.194. The van der Waals surface area contributed by atoms with E-state index in [-0.39, 0.29) is 0 Å². The van der Waals surface area contributed by atoms with Crippen molar-refractivity contribution in [2.24, 2.45) is 5.41 Å². The van der Waals surface area contributed by atoms with Crippen molar-refractivity contribution < 1.29 is 5.11 Å². The van der Waals surface area contributed by atoms with Crippen molar-refractivity contribution >= 4 is 0 Å². The van der Waals surface area contributed by atoms with Crippen molar-refractivity contribution in [3.05, 3.63) is 11.9 Å². The predicted molar refractivity (Wildman–Crippen MR) is 54.7 cm³/mol. The Morgan fingerprint density at radius 3 is 2.57 bits per heavy atom. The first-order valence-corrected chi connectivity index (χ1v) is 4.96. The van der Waals surface area contributed by atoms with Gasteiger partial charge in [-0.25, -0.2) is 0 Å². The molecule has 1 heterocycles. The van der Waals surface area contributed by atoms with Crippen LogP contribution in [0.1, 0.15) is 45.9 Å². The van der Waals surface area contributed by atoms with Crippen LogP contribution in [0, 0.1) is 5.41 Å². The van der Waals surface area contributed by atoms with Crippen LogP contribution in [0.5, 0.6) is 0 Å². The van der Waals surface area contributed by atoms with Gasteiger partial charge >= 0.3 is 0 Å². The molecule has 0 fully saturated rings. The molecule has 0 saturated carbocycles. The molecule has 4 nitrogen and oxygen atoms in total. The van der Waals surface area contributed by atoms with Crippen LogP contribution in [0.4, 0.5) is 0 Å². The minimum absolute atomic E-state index is 0.303. The molecule has 14 heavy (non-hydrogen) atoms. The number of aromatic nitrogens is 3. The van der Waals surface area contributed by atoms with E-state index in [1.165, 1.54) is 0 Å². The number of hydrogen-bond acceptors (Lipinski definition) is 3. The topological polar surface area (TPSA) is 50.9 Å². The molecule has 0 aromatic carbocycles. The molecule has 0 radical (unpaired) electrons. The Morgan fingerprint density at radius 2 is 2.14 bits per heavy atom. The number of aliphatic hydroxyl groups excluding tert-OH is 1. The fourth-order valence-electron chi connectivity index (χ4n) is 1.06. The van der Waals surface area contributed by atoms with Gasteiger partial charge in [-0.3, -0.25) is 4.68 Å². The van der Waals surface area contributed by atoms with Crippen molar-refractivity contribution in [1.82, 2.24) is 15.0 Å². The maximum Gasteiger partial charge on any atom is 0.111 e. The van der Waals surface area contributed by atoms with Gasteiger partial charge < -0.3 is 5.11 Å². The first kappa shape index (κ1) is 11.2. The zero-order valence-electron chi connectivity index (χ0n) is 9.36. The average Bonchev–Trinajstić information content (AvgIpc) is 2.47. The molecule has 0 aliphatic carbocycles. The zero-order valence-corrected chi connectivity index (χ0v) is 9.36. The van der Waals surface area contributed by atoms with Gasteiger partial charge in [-0.2, -0.15) is 0 Å². The van der Waals surface area contributed by atoms with Crippen molar-refractivity contribution in [2.75, 3.05) is 0 Å². The summed E-state index contributed by atoms with van der Waals surface area (Å²) in [5.74, 6) is 0. The van der Waals surface area contributed by atoms with Crippen LogP contribution in [0.3, 0.4) is 0 Å². The number of aryl methyl sites for hydroxylation is 1. The summed E-state index contributed by atoms with van der Waals surface area (Å²) in [5, 5.41) is 17.1. The molecule has 1 aromatic rings. The molecule has 0 aliphatic rings. The predicted octanol–water partition coefficient (Wildman–Crippen LogP) is 1.77. The lowest BCUT2D eigenvalue weighted by Crippen LogP contribution is -2.10. The minimum atomic E-state index is -0.529. The second-order valence-electron chi connectivity index (χ2n) is 4.89. The molecule has 0 bridgehead atoms. The third-order valence-electron chi connectivity index (χ3n) is 2.08. The molecule has 1 atom stereocenters. The summed E-state index contributed by atoms with van der Waals surface area (Å²) in [6.45, 7) is 9.12. The maximum absolute atomic E-state index is 9.25. The van der Waals surface area contributed by atoms with Gasteiger partial charge in [-0.05, 0) is 18.8 Å². The standard InChI is InChI=1S/C10H19N3O/c1-8(14)9-7-13(12-11-9)6-5-10(2,3)4/h7-8,14H,5-6H2,1-4H3. The van der Waals surface area contributed by atoms with Crippen molar-refractivity contribution in [3.8, 4) is 0 Å². The summed E-state index contributed by atoms with van der Waals surface area (Å²) in [4.78, 5) is 0. The summed E-state index contributed by atoms with van der Waals surface area (Å²) in [7, 11) is 0. The first-order valence-electron chi connectivity index (χ1n) is 4.96. The molecule has 0 amide bonds. The highest BCUT2D eigenvalue weighted by Crippen LogP contribution is 2.19. The van der Waals surface area contributed by atoms with E-state index < -0.39 is 6.10 Å². The summed E-state index contributed by atoms with van der Waals surface area (Å²) in [6, 6.07) is 0. The summed E-state index contributed by atoms with van der Waals surface area (Å²) in [6.07, 6.45) is 2.32. The molecule has 4 heteroatoms.